The number of hydrogen-bond acceptors (Lipinski definition) is 5. The van der Waals surface area contributed by atoms with E-state index in [0.29, 0.717) is 12.3 Å². The molecule has 0 saturated carbocycles. The smallest absolute Gasteiger partial charge is 0.322 e. The van der Waals surface area contributed by atoms with E-state index in [9.17, 15) is 14.4 Å². The van der Waals surface area contributed by atoms with Gasteiger partial charge in [-0.25, -0.2) is 4.79 Å². The first-order valence-electron chi connectivity index (χ1n) is 6.65. The van der Waals surface area contributed by atoms with Crippen LogP contribution in [0.15, 0.2) is 4.52 Å². The monoisotopic (exact) mass is 294 g/mol. The normalized spacial score (nSPS) is 17.6. The average Bonchev–Trinajstić information content (AvgIpc) is 2.91. The second-order valence-corrected chi connectivity index (χ2v) is 5.11. The van der Waals surface area contributed by atoms with Crippen molar-refractivity contribution in [1.82, 2.24) is 20.7 Å². The second kappa shape index (κ2) is 5.94. The summed E-state index contributed by atoms with van der Waals surface area (Å²) in [7, 11) is 1.68. The molecule has 0 aliphatic carbocycles. The molecule has 2 rings (SSSR count). The third-order valence-corrected chi connectivity index (χ3v) is 3.51. The molecule has 2 N–H and O–H groups in total. The van der Waals surface area contributed by atoms with Gasteiger partial charge in [-0.3, -0.25) is 14.9 Å². The third kappa shape index (κ3) is 3.39. The maximum absolute atomic E-state index is 12.1. The Bertz CT molecular complexity index is 561. The van der Waals surface area contributed by atoms with Crippen LogP contribution < -0.4 is 10.6 Å². The van der Waals surface area contributed by atoms with Gasteiger partial charge in [0.15, 0.2) is 0 Å². The van der Waals surface area contributed by atoms with Crippen LogP contribution in [0.5, 0.6) is 0 Å². The molecule has 1 atom stereocenters. The average molecular weight is 294 g/mol. The van der Waals surface area contributed by atoms with Gasteiger partial charge < -0.3 is 14.7 Å². The molecule has 0 radical (unpaired) electrons. The van der Waals surface area contributed by atoms with Crippen LogP contribution in [0.3, 0.4) is 0 Å². The first kappa shape index (κ1) is 15.0. The molecule has 1 aliphatic heterocycles. The van der Waals surface area contributed by atoms with Gasteiger partial charge in [0.25, 0.3) is 5.91 Å². The topological polar surface area (TPSA) is 105 Å². The summed E-state index contributed by atoms with van der Waals surface area (Å²) in [6, 6.07) is -1.14. The van der Waals surface area contributed by atoms with Crippen molar-refractivity contribution in [3.05, 3.63) is 17.0 Å². The molecule has 8 heteroatoms. The fraction of sp³-hybridized carbons (Fsp3) is 0.538. The lowest BCUT2D eigenvalue weighted by molar-refractivity contribution is -0.130. The van der Waals surface area contributed by atoms with E-state index >= 15 is 0 Å². The molecule has 0 spiro atoms. The van der Waals surface area contributed by atoms with Gasteiger partial charge in [-0.2, -0.15) is 0 Å². The number of urea groups is 1. The van der Waals surface area contributed by atoms with Crippen LogP contribution in [0.25, 0.3) is 0 Å². The van der Waals surface area contributed by atoms with Gasteiger partial charge in [-0.05, 0) is 20.3 Å². The number of aryl methyl sites for hydroxylation is 2. The molecule has 0 bridgehead atoms. The Hall–Kier alpha value is -2.38. The summed E-state index contributed by atoms with van der Waals surface area (Å²) in [5.74, 6) is 0.194. The van der Waals surface area contributed by atoms with Crippen LogP contribution in [0.2, 0.25) is 0 Å². The van der Waals surface area contributed by atoms with Crippen LogP contribution in [0, 0.1) is 13.8 Å². The quantitative estimate of drug-likeness (QED) is 0.757. The SMILES string of the molecule is Cc1noc(C)c1CN(C)C(=O)CCC1NC(=O)NC1=O. The summed E-state index contributed by atoms with van der Waals surface area (Å²) < 4.78 is 5.05. The van der Waals surface area contributed by atoms with Crippen molar-refractivity contribution in [1.29, 1.82) is 0 Å². The summed E-state index contributed by atoms with van der Waals surface area (Å²) in [6.07, 6.45) is 0.459. The Balaban J connectivity index is 1.86. The molecule has 8 nitrogen and oxygen atoms in total. The number of hydrogen-bond donors (Lipinski definition) is 2. The highest BCUT2D eigenvalue weighted by Gasteiger charge is 2.29. The molecule has 4 amide bonds. The Morgan fingerprint density at radius 1 is 1.38 bits per heavy atom. The Kier molecular flexibility index (Phi) is 4.25. The predicted octanol–water partition coefficient (Wildman–Crippen LogP) is 0.238. The number of carbonyl (C=O) groups is 3. The van der Waals surface area contributed by atoms with E-state index in [1.54, 1.807) is 18.9 Å². The van der Waals surface area contributed by atoms with Gasteiger partial charge >= 0.3 is 6.03 Å². The van der Waals surface area contributed by atoms with Gasteiger partial charge in [0, 0.05) is 19.0 Å². The van der Waals surface area contributed by atoms with Crippen molar-refractivity contribution in [2.75, 3.05) is 7.05 Å². The van der Waals surface area contributed by atoms with Gasteiger partial charge in [-0.1, -0.05) is 5.16 Å². The van der Waals surface area contributed by atoms with Gasteiger partial charge in [0.2, 0.25) is 5.91 Å². The molecule has 1 aliphatic rings. The number of aromatic nitrogens is 1. The van der Waals surface area contributed by atoms with Crippen molar-refractivity contribution in [2.24, 2.45) is 0 Å². The minimum Gasteiger partial charge on any atom is -0.361 e. The Morgan fingerprint density at radius 3 is 2.62 bits per heavy atom. The summed E-state index contributed by atoms with van der Waals surface area (Å²) in [4.78, 5) is 36.0. The van der Waals surface area contributed by atoms with Crippen molar-refractivity contribution in [3.8, 4) is 0 Å². The molecule has 1 aromatic heterocycles. The minimum atomic E-state index is -0.631. The lowest BCUT2D eigenvalue weighted by Crippen LogP contribution is -2.32. The van der Waals surface area contributed by atoms with E-state index in [1.807, 2.05) is 6.92 Å². The largest absolute Gasteiger partial charge is 0.361 e. The molecule has 1 fully saturated rings. The number of amides is 4. The Morgan fingerprint density at radius 2 is 2.10 bits per heavy atom. The molecule has 0 aromatic carbocycles. The number of imide groups is 1. The maximum Gasteiger partial charge on any atom is 0.322 e. The molecular weight excluding hydrogens is 276 g/mol. The number of carbonyl (C=O) groups excluding carboxylic acids is 3. The number of rotatable bonds is 5. The fourth-order valence-electron chi connectivity index (χ4n) is 2.17. The van der Waals surface area contributed by atoms with Crippen LogP contribution in [-0.4, -0.2) is 41.0 Å². The van der Waals surface area contributed by atoms with Gasteiger partial charge in [-0.15, -0.1) is 0 Å². The Labute approximate surface area is 121 Å². The number of nitrogens with zero attached hydrogens (tertiary/aromatic N) is 2. The lowest BCUT2D eigenvalue weighted by Gasteiger charge is -2.17. The first-order chi connectivity index (χ1) is 9.88. The lowest BCUT2D eigenvalue weighted by atomic mass is 10.1. The molecule has 2 heterocycles. The summed E-state index contributed by atoms with van der Waals surface area (Å²) >= 11 is 0. The van der Waals surface area contributed by atoms with E-state index in [0.717, 1.165) is 11.3 Å². The van der Waals surface area contributed by atoms with Crippen molar-refractivity contribution in [3.63, 3.8) is 0 Å². The van der Waals surface area contributed by atoms with Gasteiger partial charge in [0.1, 0.15) is 11.8 Å². The van der Waals surface area contributed by atoms with E-state index in [-0.39, 0.29) is 24.7 Å². The molecule has 114 valence electrons. The zero-order valence-corrected chi connectivity index (χ0v) is 12.2. The van der Waals surface area contributed by atoms with Crippen LogP contribution >= 0.6 is 0 Å². The van der Waals surface area contributed by atoms with Crippen LogP contribution in [0.1, 0.15) is 29.9 Å². The van der Waals surface area contributed by atoms with Crippen molar-refractivity contribution >= 4 is 17.8 Å². The van der Waals surface area contributed by atoms with Crippen LogP contribution in [-0.2, 0) is 16.1 Å². The van der Waals surface area contributed by atoms with Gasteiger partial charge in [0.05, 0.1) is 12.2 Å². The summed E-state index contributed by atoms with van der Waals surface area (Å²) in [6.45, 7) is 4.03. The second-order valence-electron chi connectivity index (χ2n) is 5.11. The highest BCUT2D eigenvalue weighted by atomic mass is 16.5. The summed E-state index contributed by atoms with van der Waals surface area (Å²) in [5.41, 5.74) is 1.65. The van der Waals surface area contributed by atoms with E-state index in [4.69, 9.17) is 4.52 Å². The van der Waals surface area contributed by atoms with Crippen LogP contribution in [0.4, 0.5) is 4.79 Å². The minimum absolute atomic E-state index is 0.107. The highest BCUT2D eigenvalue weighted by Crippen LogP contribution is 2.15. The number of nitrogens with one attached hydrogen (secondary N) is 2. The van der Waals surface area contributed by atoms with E-state index in [1.165, 1.54) is 0 Å². The standard InChI is InChI=1S/C13H18N4O4/c1-7-9(8(2)21-16-7)6-17(3)11(18)5-4-10-12(19)15-13(20)14-10/h10H,4-6H2,1-3H3,(H2,14,15,19,20). The fourth-order valence-corrected chi connectivity index (χ4v) is 2.17. The molecule has 21 heavy (non-hydrogen) atoms. The zero-order chi connectivity index (χ0) is 15.6. The highest BCUT2D eigenvalue weighted by molar-refractivity contribution is 6.04. The first-order valence-corrected chi connectivity index (χ1v) is 6.65. The molecule has 1 unspecified atom stereocenters. The summed E-state index contributed by atoms with van der Waals surface area (Å²) in [5, 5.41) is 8.45. The molecular formula is C13H18N4O4. The maximum atomic E-state index is 12.1. The zero-order valence-electron chi connectivity index (χ0n) is 12.2. The van der Waals surface area contributed by atoms with Crippen molar-refractivity contribution < 1.29 is 18.9 Å². The van der Waals surface area contributed by atoms with Crippen molar-refractivity contribution in [2.45, 2.75) is 39.3 Å². The third-order valence-electron chi connectivity index (χ3n) is 3.51. The van der Waals surface area contributed by atoms with E-state index < -0.39 is 12.1 Å². The molecule has 1 saturated heterocycles. The predicted molar refractivity (Wildman–Crippen MR) is 72.1 cm³/mol. The molecule has 1 aromatic rings. The van der Waals surface area contributed by atoms with E-state index in [2.05, 4.69) is 15.8 Å².